The molecule has 0 saturated heterocycles. The molecule has 0 atom stereocenters. The van der Waals surface area contributed by atoms with E-state index in [0.717, 1.165) is 6.42 Å². The SMILES string of the molecule is CCCNC(=O)c1ccc(NC(=O)CC(=O)OCC)cc1. The van der Waals surface area contributed by atoms with Gasteiger partial charge in [-0.1, -0.05) is 6.92 Å². The highest BCUT2D eigenvalue weighted by Gasteiger charge is 2.10. The van der Waals surface area contributed by atoms with Crippen molar-refractivity contribution < 1.29 is 19.1 Å². The highest BCUT2D eigenvalue weighted by molar-refractivity contribution is 6.02. The summed E-state index contributed by atoms with van der Waals surface area (Å²) in [5, 5.41) is 5.33. The second-order valence-electron chi connectivity index (χ2n) is 4.36. The number of hydrogen-bond acceptors (Lipinski definition) is 4. The number of carbonyl (C=O) groups excluding carboxylic acids is 3. The third-order valence-electron chi connectivity index (χ3n) is 2.58. The molecule has 0 aliphatic rings. The Bertz CT molecular complexity index is 497. The Hall–Kier alpha value is -2.37. The quantitative estimate of drug-likeness (QED) is 0.592. The third-order valence-corrected chi connectivity index (χ3v) is 2.58. The maximum Gasteiger partial charge on any atom is 0.315 e. The fourth-order valence-corrected chi connectivity index (χ4v) is 1.59. The number of hydrogen-bond donors (Lipinski definition) is 2. The maximum atomic E-state index is 11.7. The van der Waals surface area contributed by atoms with Crippen molar-refractivity contribution in [3.8, 4) is 0 Å². The average molecular weight is 292 g/mol. The van der Waals surface area contributed by atoms with E-state index in [-0.39, 0.29) is 18.9 Å². The lowest BCUT2D eigenvalue weighted by Crippen LogP contribution is -2.24. The summed E-state index contributed by atoms with van der Waals surface area (Å²) in [6.07, 6.45) is 0.542. The first-order valence-corrected chi connectivity index (χ1v) is 6.90. The number of benzene rings is 1. The molecule has 0 heterocycles. The van der Waals surface area contributed by atoms with E-state index in [9.17, 15) is 14.4 Å². The molecule has 0 fully saturated rings. The molecule has 0 aliphatic carbocycles. The number of rotatable bonds is 7. The molecule has 0 aliphatic heterocycles. The van der Waals surface area contributed by atoms with Crippen LogP contribution in [-0.4, -0.2) is 30.9 Å². The Morgan fingerprint density at radius 1 is 1.10 bits per heavy atom. The molecule has 2 N–H and O–H groups in total. The van der Waals surface area contributed by atoms with Gasteiger partial charge in [0.1, 0.15) is 6.42 Å². The molecule has 1 aromatic carbocycles. The summed E-state index contributed by atoms with van der Waals surface area (Å²) in [6, 6.07) is 6.46. The lowest BCUT2D eigenvalue weighted by molar-refractivity contribution is -0.145. The van der Waals surface area contributed by atoms with E-state index in [1.54, 1.807) is 31.2 Å². The molecule has 6 heteroatoms. The Kier molecular flexibility index (Phi) is 6.94. The van der Waals surface area contributed by atoms with Crippen molar-refractivity contribution in [2.45, 2.75) is 26.7 Å². The van der Waals surface area contributed by atoms with Crippen molar-refractivity contribution in [2.75, 3.05) is 18.5 Å². The van der Waals surface area contributed by atoms with Gasteiger partial charge in [-0.25, -0.2) is 0 Å². The Morgan fingerprint density at radius 3 is 2.33 bits per heavy atom. The first-order chi connectivity index (χ1) is 10.1. The summed E-state index contributed by atoms with van der Waals surface area (Å²) < 4.78 is 4.69. The molecule has 21 heavy (non-hydrogen) atoms. The molecule has 1 rings (SSSR count). The van der Waals surface area contributed by atoms with Gasteiger partial charge in [0.25, 0.3) is 5.91 Å². The molecule has 1 aromatic rings. The summed E-state index contributed by atoms with van der Waals surface area (Å²) in [4.78, 5) is 34.4. The Labute approximate surface area is 123 Å². The maximum absolute atomic E-state index is 11.7. The van der Waals surface area contributed by atoms with Crippen LogP contribution in [0.3, 0.4) is 0 Å². The van der Waals surface area contributed by atoms with Crippen LogP contribution in [0.4, 0.5) is 5.69 Å². The van der Waals surface area contributed by atoms with Crippen LogP contribution in [0.5, 0.6) is 0 Å². The minimum absolute atomic E-state index is 0.152. The molecule has 0 bridgehead atoms. The van der Waals surface area contributed by atoms with E-state index in [2.05, 4.69) is 15.4 Å². The molecule has 0 aromatic heterocycles. The van der Waals surface area contributed by atoms with Crippen molar-refractivity contribution >= 4 is 23.5 Å². The standard InChI is InChI=1S/C15H20N2O4/c1-3-9-16-15(20)11-5-7-12(8-6-11)17-13(18)10-14(19)21-4-2/h5-8H,3-4,9-10H2,1-2H3,(H,16,20)(H,17,18). The van der Waals surface area contributed by atoms with Crippen molar-refractivity contribution in [1.82, 2.24) is 5.32 Å². The van der Waals surface area contributed by atoms with Crippen LogP contribution in [0.1, 0.15) is 37.0 Å². The van der Waals surface area contributed by atoms with Gasteiger partial charge in [-0.15, -0.1) is 0 Å². The molecular formula is C15H20N2O4. The van der Waals surface area contributed by atoms with Crippen LogP contribution in [0.25, 0.3) is 0 Å². The normalized spacial score (nSPS) is 9.81. The predicted octanol–water partition coefficient (Wildman–Crippen LogP) is 1.72. The fraction of sp³-hybridized carbons (Fsp3) is 0.400. The first-order valence-electron chi connectivity index (χ1n) is 6.90. The molecule has 0 spiro atoms. The van der Waals surface area contributed by atoms with Crippen LogP contribution in [0.15, 0.2) is 24.3 Å². The van der Waals surface area contributed by atoms with Crippen LogP contribution in [0, 0.1) is 0 Å². The Balaban J connectivity index is 2.52. The summed E-state index contributed by atoms with van der Waals surface area (Å²) in [5.41, 5.74) is 1.04. The molecule has 6 nitrogen and oxygen atoms in total. The highest BCUT2D eigenvalue weighted by atomic mass is 16.5. The zero-order valence-electron chi connectivity index (χ0n) is 12.3. The minimum Gasteiger partial charge on any atom is -0.466 e. The van der Waals surface area contributed by atoms with E-state index in [4.69, 9.17) is 0 Å². The van der Waals surface area contributed by atoms with Gasteiger partial charge in [-0.3, -0.25) is 14.4 Å². The van der Waals surface area contributed by atoms with E-state index < -0.39 is 11.9 Å². The van der Waals surface area contributed by atoms with Gasteiger partial charge in [0.15, 0.2) is 0 Å². The average Bonchev–Trinajstić information content (AvgIpc) is 2.45. The number of esters is 1. The fourth-order valence-electron chi connectivity index (χ4n) is 1.59. The van der Waals surface area contributed by atoms with Gasteiger partial charge < -0.3 is 15.4 Å². The second-order valence-corrected chi connectivity index (χ2v) is 4.36. The first kappa shape index (κ1) is 16.7. The number of nitrogens with one attached hydrogen (secondary N) is 2. The topological polar surface area (TPSA) is 84.5 Å². The monoisotopic (exact) mass is 292 g/mol. The smallest absolute Gasteiger partial charge is 0.315 e. The van der Waals surface area contributed by atoms with Crippen molar-refractivity contribution in [1.29, 1.82) is 0 Å². The lowest BCUT2D eigenvalue weighted by Gasteiger charge is -2.07. The third kappa shape index (κ3) is 6.07. The van der Waals surface area contributed by atoms with Crippen LogP contribution in [-0.2, 0) is 14.3 Å². The molecule has 114 valence electrons. The summed E-state index contributed by atoms with van der Waals surface area (Å²) >= 11 is 0. The summed E-state index contributed by atoms with van der Waals surface area (Å²) in [6.45, 7) is 4.52. The van der Waals surface area contributed by atoms with Crippen LogP contribution in [0.2, 0.25) is 0 Å². The summed E-state index contributed by atoms with van der Waals surface area (Å²) in [5.74, 6) is -1.16. The number of amides is 2. The van der Waals surface area contributed by atoms with Gasteiger partial charge >= 0.3 is 5.97 Å². The Morgan fingerprint density at radius 2 is 1.76 bits per heavy atom. The lowest BCUT2D eigenvalue weighted by atomic mass is 10.2. The van der Waals surface area contributed by atoms with Crippen molar-refractivity contribution in [3.05, 3.63) is 29.8 Å². The van der Waals surface area contributed by atoms with Gasteiger partial charge in [0.05, 0.1) is 6.61 Å². The van der Waals surface area contributed by atoms with Gasteiger partial charge in [0, 0.05) is 17.8 Å². The van der Waals surface area contributed by atoms with E-state index in [1.807, 2.05) is 6.92 Å². The largest absolute Gasteiger partial charge is 0.466 e. The molecule has 0 radical (unpaired) electrons. The van der Waals surface area contributed by atoms with E-state index in [0.29, 0.717) is 17.8 Å². The zero-order valence-corrected chi connectivity index (χ0v) is 12.3. The molecular weight excluding hydrogens is 272 g/mol. The van der Waals surface area contributed by atoms with Gasteiger partial charge in [0.2, 0.25) is 5.91 Å². The van der Waals surface area contributed by atoms with Crippen LogP contribution >= 0.6 is 0 Å². The van der Waals surface area contributed by atoms with E-state index >= 15 is 0 Å². The van der Waals surface area contributed by atoms with Gasteiger partial charge in [-0.05, 0) is 37.6 Å². The second kappa shape index (κ2) is 8.73. The summed E-state index contributed by atoms with van der Waals surface area (Å²) in [7, 11) is 0. The number of ether oxygens (including phenoxy) is 1. The van der Waals surface area contributed by atoms with Crippen molar-refractivity contribution in [2.24, 2.45) is 0 Å². The van der Waals surface area contributed by atoms with Gasteiger partial charge in [-0.2, -0.15) is 0 Å². The van der Waals surface area contributed by atoms with E-state index in [1.165, 1.54) is 0 Å². The number of carbonyl (C=O) groups is 3. The van der Waals surface area contributed by atoms with Crippen molar-refractivity contribution in [3.63, 3.8) is 0 Å². The zero-order chi connectivity index (χ0) is 15.7. The number of anilines is 1. The van der Waals surface area contributed by atoms with Crippen LogP contribution < -0.4 is 10.6 Å². The highest BCUT2D eigenvalue weighted by Crippen LogP contribution is 2.10. The molecule has 0 saturated carbocycles. The molecule has 2 amide bonds. The predicted molar refractivity (Wildman–Crippen MR) is 78.9 cm³/mol. The minimum atomic E-state index is -0.564. The molecule has 0 unspecified atom stereocenters.